The number of anilines is 2. The molecule has 2 rings (SSSR count). The molecule has 0 aliphatic rings. The number of phenolic OH excluding ortho intramolecular Hbond substituents is 1. The van der Waals surface area contributed by atoms with Gasteiger partial charge in [0.25, 0.3) is 5.91 Å². The van der Waals surface area contributed by atoms with Crippen molar-refractivity contribution in [2.24, 2.45) is 0 Å². The minimum absolute atomic E-state index is 0.0680. The summed E-state index contributed by atoms with van der Waals surface area (Å²) in [5, 5.41) is 15.1. The number of nitrogens with one attached hydrogen (secondary N) is 2. The fraction of sp³-hybridized carbons (Fsp3) is 0.125. The van der Waals surface area contributed by atoms with Gasteiger partial charge in [-0.3, -0.25) is 9.59 Å². The van der Waals surface area contributed by atoms with E-state index >= 15 is 0 Å². The lowest BCUT2D eigenvalue weighted by Crippen LogP contribution is -2.12. The lowest BCUT2D eigenvalue weighted by molar-refractivity contribution is -0.114. The van der Waals surface area contributed by atoms with Crippen molar-refractivity contribution >= 4 is 23.2 Å². The number of benzene rings is 2. The molecule has 5 nitrogen and oxygen atoms in total. The highest BCUT2D eigenvalue weighted by atomic mass is 16.3. The summed E-state index contributed by atoms with van der Waals surface area (Å²) in [4.78, 5) is 23.1. The van der Waals surface area contributed by atoms with E-state index < -0.39 is 0 Å². The normalized spacial score (nSPS) is 10.0. The van der Waals surface area contributed by atoms with Crippen molar-refractivity contribution in [2.45, 2.75) is 13.8 Å². The number of carbonyl (C=O) groups excluding carboxylic acids is 2. The largest absolute Gasteiger partial charge is 0.507 e. The minimum Gasteiger partial charge on any atom is -0.507 e. The van der Waals surface area contributed by atoms with Gasteiger partial charge in [-0.2, -0.15) is 0 Å². The van der Waals surface area contributed by atoms with Crippen molar-refractivity contribution < 1.29 is 14.7 Å². The number of para-hydroxylation sites is 1. The first kappa shape index (κ1) is 14.6. The van der Waals surface area contributed by atoms with Crippen LogP contribution >= 0.6 is 0 Å². The smallest absolute Gasteiger partial charge is 0.259 e. The molecule has 0 aliphatic carbocycles. The number of carbonyl (C=O) groups is 2. The molecule has 0 heterocycles. The number of amides is 2. The predicted octanol–water partition coefficient (Wildman–Crippen LogP) is 2.91. The second-order valence-corrected chi connectivity index (χ2v) is 4.68. The molecule has 108 valence electrons. The molecule has 0 saturated heterocycles. The molecule has 0 bridgehead atoms. The van der Waals surface area contributed by atoms with Crippen LogP contribution in [0.4, 0.5) is 11.4 Å². The maximum Gasteiger partial charge on any atom is 0.259 e. The highest BCUT2D eigenvalue weighted by molar-refractivity contribution is 6.06. The number of hydrogen-bond donors (Lipinski definition) is 3. The summed E-state index contributed by atoms with van der Waals surface area (Å²) in [6, 6.07) is 11.5. The van der Waals surface area contributed by atoms with Crippen LogP contribution in [0.3, 0.4) is 0 Å². The van der Waals surface area contributed by atoms with E-state index in [2.05, 4.69) is 10.6 Å². The summed E-state index contributed by atoms with van der Waals surface area (Å²) in [5.41, 5.74) is 2.33. The van der Waals surface area contributed by atoms with Gasteiger partial charge in [0.15, 0.2) is 0 Å². The second kappa shape index (κ2) is 6.09. The fourth-order valence-corrected chi connectivity index (χ4v) is 1.94. The summed E-state index contributed by atoms with van der Waals surface area (Å²) in [7, 11) is 0. The van der Waals surface area contributed by atoms with Gasteiger partial charge in [-0.15, -0.1) is 0 Å². The van der Waals surface area contributed by atoms with Crippen molar-refractivity contribution in [1.82, 2.24) is 0 Å². The molecule has 0 radical (unpaired) electrons. The van der Waals surface area contributed by atoms with Gasteiger partial charge in [-0.05, 0) is 42.8 Å². The molecule has 0 spiro atoms. The first-order valence-corrected chi connectivity index (χ1v) is 6.45. The van der Waals surface area contributed by atoms with E-state index in [9.17, 15) is 14.7 Å². The van der Waals surface area contributed by atoms with Gasteiger partial charge in [-0.1, -0.05) is 12.1 Å². The number of aromatic hydroxyl groups is 1. The van der Waals surface area contributed by atoms with Crippen molar-refractivity contribution in [3.8, 4) is 5.75 Å². The van der Waals surface area contributed by atoms with Crippen molar-refractivity contribution in [3.63, 3.8) is 0 Å². The third-order valence-electron chi connectivity index (χ3n) is 2.94. The lowest BCUT2D eigenvalue weighted by Gasteiger charge is -2.10. The van der Waals surface area contributed by atoms with E-state index in [1.165, 1.54) is 13.0 Å². The maximum absolute atomic E-state index is 12.1. The fourth-order valence-electron chi connectivity index (χ4n) is 1.94. The van der Waals surface area contributed by atoms with Crippen LogP contribution in [-0.2, 0) is 4.79 Å². The van der Waals surface area contributed by atoms with Crippen molar-refractivity contribution in [1.29, 1.82) is 0 Å². The molecule has 3 N–H and O–H groups in total. The third-order valence-corrected chi connectivity index (χ3v) is 2.94. The van der Waals surface area contributed by atoms with E-state index in [-0.39, 0.29) is 23.1 Å². The summed E-state index contributed by atoms with van der Waals surface area (Å²) in [6.45, 7) is 3.27. The van der Waals surface area contributed by atoms with Gasteiger partial charge in [0.05, 0.1) is 5.56 Å². The Morgan fingerprint density at radius 2 is 1.76 bits per heavy atom. The molecule has 0 atom stereocenters. The van der Waals surface area contributed by atoms with Crippen LogP contribution in [0.25, 0.3) is 0 Å². The molecule has 0 fully saturated rings. The van der Waals surface area contributed by atoms with Crippen LogP contribution in [0.5, 0.6) is 5.75 Å². The van der Waals surface area contributed by atoms with E-state index in [1.807, 2.05) is 6.92 Å². The van der Waals surface area contributed by atoms with E-state index in [4.69, 9.17) is 0 Å². The molecular weight excluding hydrogens is 268 g/mol. The zero-order valence-electron chi connectivity index (χ0n) is 11.8. The summed E-state index contributed by atoms with van der Waals surface area (Å²) in [6.07, 6.45) is 0. The molecule has 2 aromatic rings. The quantitative estimate of drug-likeness (QED) is 0.811. The lowest BCUT2D eigenvalue weighted by atomic mass is 10.1. The van der Waals surface area contributed by atoms with E-state index in [0.29, 0.717) is 11.4 Å². The van der Waals surface area contributed by atoms with Crippen molar-refractivity contribution in [2.75, 3.05) is 10.6 Å². The molecule has 0 unspecified atom stereocenters. The summed E-state index contributed by atoms with van der Waals surface area (Å²) < 4.78 is 0. The van der Waals surface area contributed by atoms with Gasteiger partial charge in [0, 0.05) is 18.3 Å². The van der Waals surface area contributed by atoms with Crippen LogP contribution in [0.2, 0.25) is 0 Å². The second-order valence-electron chi connectivity index (χ2n) is 4.68. The molecule has 0 saturated carbocycles. The summed E-state index contributed by atoms with van der Waals surface area (Å²) in [5.74, 6) is -0.606. The Bertz CT molecular complexity index is 696. The summed E-state index contributed by atoms with van der Waals surface area (Å²) >= 11 is 0. The topological polar surface area (TPSA) is 78.4 Å². The van der Waals surface area contributed by atoms with Gasteiger partial charge >= 0.3 is 0 Å². The van der Waals surface area contributed by atoms with E-state index in [0.717, 1.165) is 5.56 Å². The van der Waals surface area contributed by atoms with Crippen LogP contribution in [-0.4, -0.2) is 16.9 Å². The SMILES string of the molecule is CC(=O)Nc1ccc(NC(=O)c2ccccc2O)cc1C. The third kappa shape index (κ3) is 3.60. The molecule has 5 heteroatoms. The highest BCUT2D eigenvalue weighted by Crippen LogP contribution is 2.22. The molecule has 0 aliphatic heterocycles. The number of rotatable bonds is 3. The van der Waals surface area contributed by atoms with E-state index in [1.54, 1.807) is 36.4 Å². The van der Waals surface area contributed by atoms with Gasteiger partial charge in [0.1, 0.15) is 5.75 Å². The Morgan fingerprint density at radius 1 is 1.05 bits per heavy atom. The number of phenols is 1. The monoisotopic (exact) mass is 284 g/mol. The van der Waals surface area contributed by atoms with Crippen LogP contribution in [0.15, 0.2) is 42.5 Å². The molecule has 0 aromatic heterocycles. The Hall–Kier alpha value is -2.82. The Balaban J connectivity index is 2.17. The maximum atomic E-state index is 12.1. The zero-order valence-corrected chi connectivity index (χ0v) is 11.8. The van der Waals surface area contributed by atoms with Gasteiger partial charge < -0.3 is 15.7 Å². The highest BCUT2D eigenvalue weighted by Gasteiger charge is 2.11. The average molecular weight is 284 g/mol. The molecular formula is C16H16N2O3. The minimum atomic E-state index is -0.389. The Labute approximate surface area is 122 Å². The molecule has 2 aromatic carbocycles. The van der Waals surface area contributed by atoms with Crippen molar-refractivity contribution in [3.05, 3.63) is 53.6 Å². The Kier molecular flexibility index (Phi) is 4.23. The average Bonchev–Trinajstić information content (AvgIpc) is 2.42. The number of aryl methyl sites for hydroxylation is 1. The standard InChI is InChI=1S/C16H16N2O3/c1-10-9-12(7-8-14(10)17-11(2)19)18-16(21)13-5-3-4-6-15(13)20/h3-9,20H,1-2H3,(H,17,19)(H,18,21). The molecule has 2 amide bonds. The van der Waals surface area contributed by atoms with Crippen LogP contribution < -0.4 is 10.6 Å². The first-order valence-electron chi connectivity index (χ1n) is 6.45. The van der Waals surface area contributed by atoms with Gasteiger partial charge in [-0.25, -0.2) is 0 Å². The molecule has 21 heavy (non-hydrogen) atoms. The predicted molar refractivity (Wildman–Crippen MR) is 81.5 cm³/mol. The first-order chi connectivity index (χ1) is 9.97. The van der Waals surface area contributed by atoms with Crippen LogP contribution in [0.1, 0.15) is 22.8 Å². The zero-order chi connectivity index (χ0) is 15.4. The Morgan fingerprint density at radius 3 is 2.38 bits per heavy atom. The van der Waals surface area contributed by atoms with Gasteiger partial charge in [0.2, 0.25) is 5.91 Å². The number of hydrogen-bond acceptors (Lipinski definition) is 3. The van der Waals surface area contributed by atoms with Crippen LogP contribution in [0, 0.1) is 6.92 Å².